The first-order chi connectivity index (χ1) is 14.2. The van der Waals surface area contributed by atoms with Gasteiger partial charge in [-0.15, -0.1) is 0 Å². The molecule has 0 unspecified atom stereocenters. The molecule has 8 nitrogen and oxygen atoms in total. The topological polar surface area (TPSA) is 75.9 Å². The van der Waals surface area contributed by atoms with E-state index < -0.39 is 0 Å². The Morgan fingerprint density at radius 1 is 1.14 bits per heavy atom. The number of nitrogens with zero attached hydrogens (tertiary/aromatic N) is 6. The molecule has 1 aliphatic rings. The van der Waals surface area contributed by atoms with Crippen molar-refractivity contribution in [1.29, 1.82) is 0 Å². The zero-order valence-electron chi connectivity index (χ0n) is 16.9. The molecule has 0 atom stereocenters. The summed E-state index contributed by atoms with van der Waals surface area (Å²) in [5.74, 6) is 2.43. The summed E-state index contributed by atoms with van der Waals surface area (Å²) in [6, 6.07) is 9.46. The number of aryl methyl sites for hydroxylation is 1. The molecule has 0 spiro atoms. The third-order valence-corrected chi connectivity index (χ3v) is 5.12. The highest BCUT2D eigenvalue weighted by Gasteiger charge is 2.24. The zero-order valence-corrected chi connectivity index (χ0v) is 16.9. The fraction of sp³-hybridized carbons (Fsp3) is 0.429. The lowest BCUT2D eigenvalue weighted by atomic mass is 10.1. The Morgan fingerprint density at radius 3 is 2.62 bits per heavy atom. The largest absolute Gasteiger partial charge is 0.494 e. The van der Waals surface area contributed by atoms with Crippen LogP contribution >= 0.6 is 0 Å². The lowest BCUT2D eigenvalue weighted by Gasteiger charge is -2.36. The van der Waals surface area contributed by atoms with Crippen LogP contribution in [0, 0.1) is 6.92 Å². The maximum Gasteiger partial charge on any atom is 0.254 e. The number of hydrogen-bond donors (Lipinski definition) is 0. The summed E-state index contributed by atoms with van der Waals surface area (Å²) >= 11 is 0. The maximum atomic E-state index is 12.9. The van der Waals surface area contributed by atoms with E-state index in [1.54, 1.807) is 4.52 Å². The molecule has 1 saturated heterocycles. The molecule has 2 aromatic heterocycles. The fourth-order valence-electron chi connectivity index (χ4n) is 3.49. The molecular formula is C21H26N6O2. The van der Waals surface area contributed by atoms with E-state index in [-0.39, 0.29) is 5.91 Å². The van der Waals surface area contributed by atoms with Gasteiger partial charge in [0.05, 0.1) is 6.61 Å². The highest BCUT2D eigenvalue weighted by atomic mass is 16.5. The van der Waals surface area contributed by atoms with Gasteiger partial charge in [0.15, 0.2) is 0 Å². The van der Waals surface area contributed by atoms with Crippen molar-refractivity contribution in [1.82, 2.24) is 24.5 Å². The Hall–Kier alpha value is -3.16. The van der Waals surface area contributed by atoms with E-state index in [4.69, 9.17) is 4.74 Å². The smallest absolute Gasteiger partial charge is 0.254 e. The minimum absolute atomic E-state index is 0.0570. The standard InChI is InChI=1S/C21H26N6O2/c1-3-4-13-29-18-7-5-17(6-8-18)20(28)26-11-9-25(10-12-26)19-14-16(2)24-21-22-15-23-27(19)21/h5-8,14-15H,3-4,9-13H2,1-2H3. The van der Waals surface area contributed by atoms with Gasteiger partial charge in [-0.2, -0.15) is 14.6 Å². The van der Waals surface area contributed by atoms with E-state index in [0.29, 0.717) is 31.0 Å². The first-order valence-corrected chi connectivity index (χ1v) is 10.1. The number of piperazine rings is 1. The van der Waals surface area contributed by atoms with Crippen LogP contribution in [0.1, 0.15) is 35.8 Å². The Kier molecular flexibility index (Phi) is 5.59. The van der Waals surface area contributed by atoms with Crippen LogP contribution in [0.3, 0.4) is 0 Å². The van der Waals surface area contributed by atoms with Crippen molar-refractivity contribution >= 4 is 17.5 Å². The van der Waals surface area contributed by atoms with Gasteiger partial charge >= 0.3 is 0 Å². The van der Waals surface area contributed by atoms with Crippen molar-refractivity contribution in [2.75, 3.05) is 37.7 Å². The van der Waals surface area contributed by atoms with E-state index in [0.717, 1.165) is 43.2 Å². The third-order valence-electron chi connectivity index (χ3n) is 5.12. The zero-order chi connectivity index (χ0) is 20.2. The number of ether oxygens (including phenoxy) is 1. The Labute approximate surface area is 170 Å². The van der Waals surface area contributed by atoms with Crippen LogP contribution in [0.5, 0.6) is 5.75 Å². The monoisotopic (exact) mass is 394 g/mol. The van der Waals surface area contributed by atoms with Crippen molar-refractivity contribution in [3.05, 3.63) is 47.9 Å². The number of aromatic nitrogens is 4. The summed E-state index contributed by atoms with van der Waals surface area (Å²) in [5, 5.41) is 4.28. The summed E-state index contributed by atoms with van der Waals surface area (Å²) < 4.78 is 7.43. The van der Waals surface area contributed by atoms with Crippen LogP contribution in [0.4, 0.5) is 5.82 Å². The summed E-state index contributed by atoms with van der Waals surface area (Å²) in [6.07, 6.45) is 3.65. The van der Waals surface area contributed by atoms with Gasteiger partial charge in [-0.1, -0.05) is 13.3 Å². The number of hydrogen-bond acceptors (Lipinski definition) is 6. The van der Waals surface area contributed by atoms with E-state index in [1.165, 1.54) is 6.33 Å². The molecule has 3 aromatic rings. The molecule has 0 N–H and O–H groups in total. The predicted molar refractivity (Wildman–Crippen MR) is 110 cm³/mol. The molecule has 0 saturated carbocycles. The van der Waals surface area contributed by atoms with Gasteiger partial charge in [-0.25, -0.2) is 4.98 Å². The Morgan fingerprint density at radius 2 is 1.90 bits per heavy atom. The number of carbonyl (C=O) groups excluding carboxylic acids is 1. The van der Waals surface area contributed by atoms with Crippen molar-refractivity contribution in [2.45, 2.75) is 26.7 Å². The molecule has 3 heterocycles. The number of amides is 1. The average molecular weight is 394 g/mol. The number of fused-ring (bicyclic) bond motifs is 1. The average Bonchev–Trinajstić information content (AvgIpc) is 3.22. The van der Waals surface area contributed by atoms with Gasteiger partial charge in [0.25, 0.3) is 11.7 Å². The van der Waals surface area contributed by atoms with E-state index in [2.05, 4.69) is 26.9 Å². The summed E-state index contributed by atoms with van der Waals surface area (Å²) in [6.45, 7) is 7.59. The fourth-order valence-corrected chi connectivity index (χ4v) is 3.49. The van der Waals surface area contributed by atoms with Crippen molar-refractivity contribution in [2.24, 2.45) is 0 Å². The molecule has 0 radical (unpaired) electrons. The number of benzene rings is 1. The SMILES string of the molecule is CCCCOc1ccc(C(=O)N2CCN(c3cc(C)nc4ncnn34)CC2)cc1. The number of anilines is 1. The van der Waals surface area contributed by atoms with Gasteiger partial charge in [0, 0.05) is 43.5 Å². The van der Waals surface area contributed by atoms with Crippen molar-refractivity contribution in [3.8, 4) is 5.75 Å². The Balaban J connectivity index is 1.39. The molecule has 0 bridgehead atoms. The minimum Gasteiger partial charge on any atom is -0.494 e. The van der Waals surface area contributed by atoms with Gasteiger partial charge in [-0.3, -0.25) is 4.79 Å². The minimum atomic E-state index is 0.0570. The molecule has 29 heavy (non-hydrogen) atoms. The quantitative estimate of drug-likeness (QED) is 0.598. The van der Waals surface area contributed by atoms with Crippen LogP contribution in [-0.4, -0.2) is 63.2 Å². The van der Waals surface area contributed by atoms with Crippen LogP contribution < -0.4 is 9.64 Å². The predicted octanol–water partition coefficient (Wildman–Crippen LogP) is 2.57. The maximum absolute atomic E-state index is 12.9. The second-order valence-corrected chi connectivity index (χ2v) is 7.23. The second kappa shape index (κ2) is 8.46. The first-order valence-electron chi connectivity index (χ1n) is 10.1. The summed E-state index contributed by atoms with van der Waals surface area (Å²) in [5.41, 5.74) is 1.60. The van der Waals surface area contributed by atoms with Crippen molar-refractivity contribution in [3.63, 3.8) is 0 Å². The van der Waals surface area contributed by atoms with Crippen molar-refractivity contribution < 1.29 is 9.53 Å². The van der Waals surface area contributed by atoms with Gasteiger partial charge in [-0.05, 0) is 37.6 Å². The lowest BCUT2D eigenvalue weighted by Crippen LogP contribution is -2.49. The Bertz CT molecular complexity index is 977. The summed E-state index contributed by atoms with van der Waals surface area (Å²) in [4.78, 5) is 25.6. The second-order valence-electron chi connectivity index (χ2n) is 7.23. The molecule has 8 heteroatoms. The molecule has 1 aliphatic heterocycles. The van der Waals surface area contributed by atoms with Gasteiger partial charge in [0.1, 0.15) is 17.9 Å². The van der Waals surface area contributed by atoms with Crippen LogP contribution in [0.15, 0.2) is 36.7 Å². The molecular weight excluding hydrogens is 368 g/mol. The van der Waals surface area contributed by atoms with Crippen LogP contribution in [0.25, 0.3) is 5.78 Å². The number of rotatable bonds is 6. The molecule has 1 fully saturated rings. The molecule has 152 valence electrons. The normalized spacial score (nSPS) is 14.4. The molecule has 4 rings (SSSR count). The van der Waals surface area contributed by atoms with E-state index >= 15 is 0 Å². The summed E-state index contributed by atoms with van der Waals surface area (Å²) in [7, 11) is 0. The number of unbranched alkanes of at least 4 members (excludes halogenated alkanes) is 1. The van der Waals surface area contributed by atoms with Crippen LogP contribution in [-0.2, 0) is 0 Å². The van der Waals surface area contributed by atoms with Crippen LogP contribution in [0.2, 0.25) is 0 Å². The number of carbonyl (C=O) groups is 1. The molecule has 1 aromatic carbocycles. The molecule has 0 aliphatic carbocycles. The van der Waals surface area contributed by atoms with E-state index in [1.807, 2.05) is 42.2 Å². The lowest BCUT2D eigenvalue weighted by molar-refractivity contribution is 0.0746. The van der Waals surface area contributed by atoms with Gasteiger partial charge < -0.3 is 14.5 Å². The van der Waals surface area contributed by atoms with E-state index in [9.17, 15) is 4.79 Å². The third kappa shape index (κ3) is 4.16. The van der Waals surface area contributed by atoms with Gasteiger partial charge in [0.2, 0.25) is 0 Å². The molecule has 1 amide bonds. The highest BCUT2D eigenvalue weighted by Crippen LogP contribution is 2.19. The highest BCUT2D eigenvalue weighted by molar-refractivity contribution is 5.94. The first kappa shape index (κ1) is 19.2.